The van der Waals surface area contributed by atoms with Gasteiger partial charge in [-0.15, -0.1) is 0 Å². The molecular formula is C18H15ClO5. The highest BCUT2D eigenvalue weighted by atomic mass is 35.5. The van der Waals surface area contributed by atoms with Crippen molar-refractivity contribution < 1.29 is 24.5 Å². The summed E-state index contributed by atoms with van der Waals surface area (Å²) in [5.74, 6) is -1.67. The lowest BCUT2D eigenvalue weighted by Gasteiger charge is -2.12. The number of ether oxygens (including phenoxy) is 1. The topological polar surface area (TPSA) is 83.8 Å². The number of rotatable bonds is 7. The zero-order valence-electron chi connectivity index (χ0n) is 12.6. The van der Waals surface area contributed by atoms with Crippen LogP contribution in [0.4, 0.5) is 0 Å². The second kappa shape index (κ2) is 8.17. The van der Waals surface area contributed by atoms with Gasteiger partial charge in [-0.05, 0) is 35.4 Å². The largest absolute Gasteiger partial charge is 0.482 e. The fourth-order valence-electron chi connectivity index (χ4n) is 2.19. The zero-order valence-corrected chi connectivity index (χ0v) is 13.4. The van der Waals surface area contributed by atoms with Gasteiger partial charge in [0.05, 0.1) is 0 Å². The Morgan fingerprint density at radius 2 is 1.83 bits per heavy atom. The molecule has 0 radical (unpaired) electrons. The quantitative estimate of drug-likeness (QED) is 0.750. The Morgan fingerprint density at radius 1 is 1.08 bits per heavy atom. The van der Waals surface area contributed by atoms with Gasteiger partial charge in [-0.2, -0.15) is 0 Å². The van der Waals surface area contributed by atoms with E-state index in [4.69, 9.17) is 26.6 Å². The molecule has 2 aromatic carbocycles. The van der Waals surface area contributed by atoms with Crippen molar-refractivity contribution in [1.82, 2.24) is 0 Å². The minimum absolute atomic E-state index is 0.426. The molecule has 24 heavy (non-hydrogen) atoms. The highest BCUT2D eigenvalue weighted by Crippen LogP contribution is 2.27. The Morgan fingerprint density at radius 3 is 2.54 bits per heavy atom. The lowest BCUT2D eigenvalue weighted by Crippen LogP contribution is -2.10. The van der Waals surface area contributed by atoms with E-state index in [1.54, 1.807) is 24.3 Å². The number of carboxylic acid groups (broad SMARTS) is 2. The molecule has 0 atom stereocenters. The summed E-state index contributed by atoms with van der Waals surface area (Å²) in [4.78, 5) is 21.4. The van der Waals surface area contributed by atoms with Crippen molar-refractivity contribution in [2.75, 3.05) is 6.61 Å². The molecule has 0 aliphatic carbocycles. The van der Waals surface area contributed by atoms with Crippen LogP contribution in [0.1, 0.15) is 16.7 Å². The first-order chi connectivity index (χ1) is 11.5. The summed E-state index contributed by atoms with van der Waals surface area (Å²) in [6, 6.07) is 12.3. The van der Waals surface area contributed by atoms with E-state index < -0.39 is 18.5 Å². The molecule has 0 unspecified atom stereocenters. The maximum atomic E-state index is 10.7. The molecule has 0 fully saturated rings. The van der Waals surface area contributed by atoms with E-state index in [1.165, 1.54) is 6.08 Å². The second-order valence-electron chi connectivity index (χ2n) is 4.98. The van der Waals surface area contributed by atoms with E-state index in [1.807, 2.05) is 18.2 Å². The van der Waals surface area contributed by atoms with Gasteiger partial charge in [-0.3, -0.25) is 0 Å². The molecule has 2 rings (SSSR count). The standard InChI is InChI=1S/C18H15ClO5/c19-15-6-7-16(24-11-18(22)23)14(10-15)9-13-4-2-1-3-12(13)5-8-17(20)21/h1-8,10H,9,11H2,(H,20,21)(H,22,23)/b8-5+. The van der Waals surface area contributed by atoms with Gasteiger partial charge in [0.15, 0.2) is 6.61 Å². The van der Waals surface area contributed by atoms with E-state index in [0.717, 1.165) is 22.8 Å². The van der Waals surface area contributed by atoms with Crippen molar-refractivity contribution in [2.24, 2.45) is 0 Å². The van der Waals surface area contributed by atoms with E-state index in [2.05, 4.69) is 0 Å². The Balaban J connectivity index is 2.32. The van der Waals surface area contributed by atoms with Gasteiger partial charge in [-0.25, -0.2) is 9.59 Å². The maximum absolute atomic E-state index is 10.7. The number of carbonyl (C=O) groups is 2. The van der Waals surface area contributed by atoms with Gasteiger partial charge in [0.1, 0.15) is 5.75 Å². The molecule has 0 heterocycles. The summed E-state index contributed by atoms with van der Waals surface area (Å²) >= 11 is 6.02. The normalized spacial score (nSPS) is 10.7. The monoisotopic (exact) mass is 346 g/mol. The maximum Gasteiger partial charge on any atom is 0.341 e. The van der Waals surface area contributed by atoms with Crippen molar-refractivity contribution in [3.63, 3.8) is 0 Å². The molecule has 0 aliphatic rings. The lowest BCUT2D eigenvalue weighted by molar-refractivity contribution is -0.139. The van der Waals surface area contributed by atoms with Crippen LogP contribution in [0.5, 0.6) is 5.75 Å². The third-order valence-corrected chi connectivity index (χ3v) is 3.45. The Hall–Kier alpha value is -2.79. The predicted molar refractivity (Wildman–Crippen MR) is 90.5 cm³/mol. The van der Waals surface area contributed by atoms with Gasteiger partial charge in [0.25, 0.3) is 0 Å². The molecular weight excluding hydrogens is 332 g/mol. The van der Waals surface area contributed by atoms with Crippen LogP contribution >= 0.6 is 11.6 Å². The highest BCUT2D eigenvalue weighted by molar-refractivity contribution is 6.30. The average Bonchev–Trinajstić information content (AvgIpc) is 2.53. The Kier molecular flexibility index (Phi) is 5.98. The summed E-state index contributed by atoms with van der Waals surface area (Å²) in [6.07, 6.45) is 3.01. The molecule has 2 N–H and O–H groups in total. The highest BCUT2D eigenvalue weighted by Gasteiger charge is 2.10. The van der Waals surface area contributed by atoms with Crippen molar-refractivity contribution >= 4 is 29.6 Å². The van der Waals surface area contributed by atoms with Crippen LogP contribution in [0.15, 0.2) is 48.5 Å². The Bertz CT molecular complexity index is 783. The van der Waals surface area contributed by atoms with Gasteiger partial charge < -0.3 is 14.9 Å². The average molecular weight is 347 g/mol. The van der Waals surface area contributed by atoms with Gasteiger partial charge in [0.2, 0.25) is 0 Å². The first-order valence-corrected chi connectivity index (χ1v) is 7.45. The van der Waals surface area contributed by atoms with Gasteiger partial charge in [-0.1, -0.05) is 35.9 Å². The molecule has 124 valence electrons. The molecule has 0 aliphatic heterocycles. The van der Waals surface area contributed by atoms with Crippen molar-refractivity contribution in [1.29, 1.82) is 0 Å². The molecule has 0 saturated carbocycles. The third-order valence-electron chi connectivity index (χ3n) is 3.22. The van der Waals surface area contributed by atoms with Crippen molar-refractivity contribution in [3.05, 3.63) is 70.3 Å². The molecule has 0 amide bonds. The lowest BCUT2D eigenvalue weighted by atomic mass is 9.99. The van der Waals surface area contributed by atoms with Crippen LogP contribution in [0.3, 0.4) is 0 Å². The molecule has 0 aromatic heterocycles. The fourth-order valence-corrected chi connectivity index (χ4v) is 2.39. The van der Waals surface area contributed by atoms with Crippen LogP contribution in [-0.4, -0.2) is 28.8 Å². The summed E-state index contributed by atoms with van der Waals surface area (Å²) in [5.41, 5.74) is 2.35. The SMILES string of the molecule is O=C(O)/C=C/c1ccccc1Cc1cc(Cl)ccc1OCC(=O)O. The molecule has 6 heteroatoms. The van der Waals surface area contributed by atoms with E-state index in [0.29, 0.717) is 17.2 Å². The molecule has 0 spiro atoms. The van der Waals surface area contributed by atoms with Crippen molar-refractivity contribution in [2.45, 2.75) is 6.42 Å². The molecule has 5 nitrogen and oxygen atoms in total. The summed E-state index contributed by atoms with van der Waals surface area (Å²) in [7, 11) is 0. The number of hydrogen-bond donors (Lipinski definition) is 2. The number of carboxylic acids is 2. The first-order valence-electron chi connectivity index (χ1n) is 7.07. The number of hydrogen-bond acceptors (Lipinski definition) is 3. The predicted octanol–water partition coefficient (Wildman–Crippen LogP) is 3.49. The van der Waals surface area contributed by atoms with Gasteiger partial charge >= 0.3 is 11.9 Å². The van der Waals surface area contributed by atoms with E-state index >= 15 is 0 Å². The summed E-state index contributed by atoms with van der Waals surface area (Å²) < 4.78 is 5.29. The van der Waals surface area contributed by atoms with Crippen LogP contribution in [0.2, 0.25) is 5.02 Å². The Labute approximate surface area is 143 Å². The summed E-state index contributed by atoms with van der Waals surface area (Å²) in [5, 5.41) is 18.0. The minimum atomic E-state index is -1.07. The van der Waals surface area contributed by atoms with Crippen LogP contribution in [-0.2, 0) is 16.0 Å². The molecule has 0 saturated heterocycles. The number of halogens is 1. The van der Waals surface area contributed by atoms with Crippen LogP contribution in [0.25, 0.3) is 6.08 Å². The van der Waals surface area contributed by atoms with Crippen LogP contribution < -0.4 is 4.74 Å². The van der Waals surface area contributed by atoms with Gasteiger partial charge in [0, 0.05) is 23.1 Å². The molecule has 2 aromatic rings. The smallest absolute Gasteiger partial charge is 0.341 e. The summed E-state index contributed by atoms with van der Waals surface area (Å²) in [6.45, 7) is -0.449. The number of benzene rings is 2. The third kappa shape index (κ3) is 5.14. The second-order valence-corrected chi connectivity index (χ2v) is 5.42. The van der Waals surface area contributed by atoms with Crippen molar-refractivity contribution in [3.8, 4) is 5.75 Å². The minimum Gasteiger partial charge on any atom is -0.482 e. The van der Waals surface area contributed by atoms with E-state index in [-0.39, 0.29) is 0 Å². The number of aliphatic carboxylic acids is 2. The van der Waals surface area contributed by atoms with E-state index in [9.17, 15) is 9.59 Å². The fraction of sp³-hybridized carbons (Fsp3) is 0.111. The van der Waals surface area contributed by atoms with Crippen LogP contribution in [0, 0.1) is 0 Å². The first kappa shape index (κ1) is 17.6. The zero-order chi connectivity index (χ0) is 17.5. The molecule has 0 bridgehead atoms.